The Bertz CT molecular complexity index is 606. The Morgan fingerprint density at radius 2 is 2.33 bits per heavy atom. The van der Waals surface area contributed by atoms with E-state index in [0.29, 0.717) is 12.6 Å². The Balaban J connectivity index is 1.74. The van der Waals surface area contributed by atoms with E-state index >= 15 is 0 Å². The van der Waals surface area contributed by atoms with Crippen molar-refractivity contribution in [1.29, 1.82) is 0 Å². The van der Waals surface area contributed by atoms with Gasteiger partial charge in [0, 0.05) is 12.6 Å². The first kappa shape index (κ1) is 14.1. The van der Waals surface area contributed by atoms with Crippen LogP contribution in [0, 0.1) is 0 Å². The third-order valence-electron chi connectivity index (χ3n) is 4.21. The van der Waals surface area contributed by atoms with Crippen molar-refractivity contribution >= 4 is 0 Å². The summed E-state index contributed by atoms with van der Waals surface area (Å²) in [5, 5.41) is 3.37. The molecule has 0 bridgehead atoms. The Morgan fingerprint density at radius 1 is 1.43 bits per heavy atom. The van der Waals surface area contributed by atoms with E-state index in [1.165, 1.54) is 11.1 Å². The quantitative estimate of drug-likeness (QED) is 0.886. The number of nitrogens with zero attached hydrogens (tertiary/aromatic N) is 2. The Morgan fingerprint density at radius 3 is 3.14 bits per heavy atom. The first-order valence-electron chi connectivity index (χ1n) is 7.74. The molecule has 1 heterocycles. The summed E-state index contributed by atoms with van der Waals surface area (Å²) in [4.78, 5) is 4.22. The molecular weight excluding hydrogens is 262 g/mol. The van der Waals surface area contributed by atoms with Crippen LogP contribution in [0.15, 0.2) is 30.7 Å². The van der Waals surface area contributed by atoms with Crippen molar-refractivity contribution < 1.29 is 4.74 Å². The Labute approximate surface area is 126 Å². The maximum Gasteiger partial charge on any atom is 0.130 e. The molecule has 2 aromatic rings. The highest BCUT2D eigenvalue weighted by Gasteiger charge is 2.23. The molecule has 1 unspecified atom stereocenters. The van der Waals surface area contributed by atoms with Crippen LogP contribution in [-0.2, 0) is 19.6 Å². The summed E-state index contributed by atoms with van der Waals surface area (Å²) < 4.78 is 8.25. The molecule has 0 amide bonds. The van der Waals surface area contributed by atoms with Gasteiger partial charge >= 0.3 is 0 Å². The predicted octanol–water partition coefficient (Wildman–Crippen LogP) is 3.08. The zero-order valence-corrected chi connectivity index (χ0v) is 12.8. The molecule has 0 radical (unpaired) electrons. The zero-order valence-electron chi connectivity index (χ0n) is 12.8. The molecule has 0 aliphatic heterocycles. The van der Waals surface area contributed by atoms with Gasteiger partial charge in [0.1, 0.15) is 12.4 Å². The summed E-state index contributed by atoms with van der Waals surface area (Å²) in [5.41, 5.74) is 3.88. The van der Waals surface area contributed by atoms with Crippen LogP contribution in [0.3, 0.4) is 0 Å². The third kappa shape index (κ3) is 2.81. The largest absolute Gasteiger partial charge is 0.487 e. The number of aryl methyl sites for hydroxylation is 1. The summed E-state index contributed by atoms with van der Waals surface area (Å²) in [6, 6.07) is 6.84. The molecule has 0 saturated carbocycles. The van der Waals surface area contributed by atoms with Gasteiger partial charge < -0.3 is 14.6 Å². The molecule has 1 aromatic heterocycles. The van der Waals surface area contributed by atoms with Gasteiger partial charge in [-0.05, 0) is 43.5 Å². The highest BCUT2D eigenvalue weighted by atomic mass is 16.5. The lowest BCUT2D eigenvalue weighted by Crippen LogP contribution is -2.12. The van der Waals surface area contributed by atoms with Crippen LogP contribution in [0.4, 0.5) is 0 Å². The number of aromatic nitrogens is 2. The maximum atomic E-state index is 6.08. The number of fused-ring (bicyclic) bond motifs is 1. The molecule has 0 fully saturated rings. The second-order valence-electron chi connectivity index (χ2n) is 5.57. The van der Waals surface area contributed by atoms with Gasteiger partial charge in [-0.1, -0.05) is 19.1 Å². The Kier molecular flexibility index (Phi) is 4.25. The number of nitrogens with one attached hydrogen (secondary N) is 1. The van der Waals surface area contributed by atoms with Crippen molar-refractivity contribution in [3.63, 3.8) is 0 Å². The summed E-state index contributed by atoms with van der Waals surface area (Å²) in [6.45, 7) is 3.75. The van der Waals surface area contributed by atoms with E-state index in [2.05, 4.69) is 40.0 Å². The van der Waals surface area contributed by atoms with Crippen molar-refractivity contribution in [2.75, 3.05) is 7.05 Å². The molecule has 4 heteroatoms. The number of hydrogen-bond donors (Lipinski definition) is 1. The number of hydrogen-bond acceptors (Lipinski definition) is 3. The summed E-state index contributed by atoms with van der Waals surface area (Å²) in [7, 11) is 2.02. The van der Waals surface area contributed by atoms with Gasteiger partial charge in [-0.3, -0.25) is 0 Å². The highest BCUT2D eigenvalue weighted by molar-refractivity contribution is 5.45. The topological polar surface area (TPSA) is 39.1 Å². The smallest absolute Gasteiger partial charge is 0.130 e. The van der Waals surface area contributed by atoms with Crippen molar-refractivity contribution in [2.45, 2.75) is 45.4 Å². The molecule has 4 nitrogen and oxygen atoms in total. The minimum atomic E-state index is 0.467. The maximum absolute atomic E-state index is 6.08. The van der Waals surface area contributed by atoms with Gasteiger partial charge in [0.05, 0.1) is 18.2 Å². The number of ether oxygens (including phenoxy) is 1. The van der Waals surface area contributed by atoms with Gasteiger partial charge in [0.2, 0.25) is 0 Å². The van der Waals surface area contributed by atoms with Crippen LogP contribution in [0.1, 0.15) is 42.6 Å². The van der Waals surface area contributed by atoms with Gasteiger partial charge in [-0.25, -0.2) is 4.98 Å². The van der Waals surface area contributed by atoms with E-state index in [1.54, 1.807) is 0 Å². The fourth-order valence-corrected chi connectivity index (χ4v) is 3.12. The molecule has 1 atom stereocenters. The highest BCUT2D eigenvalue weighted by Crippen LogP contribution is 2.36. The van der Waals surface area contributed by atoms with Gasteiger partial charge in [-0.2, -0.15) is 0 Å². The van der Waals surface area contributed by atoms with Gasteiger partial charge in [0.25, 0.3) is 0 Å². The van der Waals surface area contributed by atoms with Crippen molar-refractivity contribution in [3.8, 4) is 5.75 Å². The van der Waals surface area contributed by atoms with Crippen LogP contribution < -0.4 is 10.1 Å². The SMILES string of the molecule is CCCn1cncc1COc1cccc2c1CCC2NC. The zero-order chi connectivity index (χ0) is 14.7. The van der Waals surface area contributed by atoms with Crippen molar-refractivity contribution in [2.24, 2.45) is 0 Å². The summed E-state index contributed by atoms with van der Waals surface area (Å²) in [5.74, 6) is 1.02. The van der Waals surface area contributed by atoms with Crippen molar-refractivity contribution in [1.82, 2.24) is 14.9 Å². The average molecular weight is 285 g/mol. The van der Waals surface area contributed by atoms with Gasteiger partial charge in [-0.15, -0.1) is 0 Å². The molecule has 3 rings (SSSR count). The van der Waals surface area contributed by atoms with E-state index in [1.807, 2.05) is 19.6 Å². The van der Waals surface area contributed by atoms with E-state index in [9.17, 15) is 0 Å². The lowest BCUT2D eigenvalue weighted by atomic mass is 10.1. The lowest BCUT2D eigenvalue weighted by Gasteiger charge is -2.13. The number of imidazole rings is 1. The molecule has 112 valence electrons. The molecule has 1 aromatic carbocycles. The standard InChI is InChI=1S/C17H23N3O/c1-3-9-20-12-19-10-13(20)11-21-17-6-4-5-14-15(17)7-8-16(14)18-2/h4-6,10,12,16,18H,3,7-9,11H2,1-2H3. The first-order valence-corrected chi connectivity index (χ1v) is 7.74. The van der Waals surface area contributed by atoms with E-state index in [-0.39, 0.29) is 0 Å². The van der Waals surface area contributed by atoms with Crippen LogP contribution in [0.2, 0.25) is 0 Å². The van der Waals surface area contributed by atoms with Crippen LogP contribution in [-0.4, -0.2) is 16.6 Å². The van der Waals surface area contributed by atoms with Crippen LogP contribution >= 0.6 is 0 Å². The summed E-state index contributed by atoms with van der Waals surface area (Å²) in [6.07, 6.45) is 7.13. The second-order valence-corrected chi connectivity index (χ2v) is 5.57. The third-order valence-corrected chi connectivity index (χ3v) is 4.21. The van der Waals surface area contributed by atoms with E-state index in [4.69, 9.17) is 4.74 Å². The second kappa shape index (κ2) is 6.31. The average Bonchev–Trinajstić information content (AvgIpc) is 3.12. The lowest BCUT2D eigenvalue weighted by molar-refractivity contribution is 0.292. The summed E-state index contributed by atoms with van der Waals surface area (Å²) >= 11 is 0. The number of benzene rings is 1. The van der Waals surface area contributed by atoms with Crippen LogP contribution in [0.5, 0.6) is 5.75 Å². The molecular formula is C17H23N3O. The monoisotopic (exact) mass is 285 g/mol. The fourth-order valence-electron chi connectivity index (χ4n) is 3.12. The fraction of sp³-hybridized carbons (Fsp3) is 0.471. The van der Waals surface area contributed by atoms with Gasteiger partial charge in [0.15, 0.2) is 0 Å². The minimum Gasteiger partial charge on any atom is -0.487 e. The van der Waals surface area contributed by atoms with E-state index in [0.717, 1.165) is 37.3 Å². The van der Waals surface area contributed by atoms with Crippen LogP contribution in [0.25, 0.3) is 0 Å². The predicted molar refractivity (Wildman–Crippen MR) is 83.4 cm³/mol. The normalized spacial score (nSPS) is 17.0. The number of rotatable bonds is 6. The molecule has 0 spiro atoms. The minimum absolute atomic E-state index is 0.467. The molecule has 0 saturated heterocycles. The Hall–Kier alpha value is -1.81. The molecule has 1 N–H and O–H groups in total. The molecule has 1 aliphatic rings. The van der Waals surface area contributed by atoms with E-state index < -0.39 is 0 Å². The first-order chi connectivity index (χ1) is 10.3. The molecule has 21 heavy (non-hydrogen) atoms. The molecule has 1 aliphatic carbocycles. The van der Waals surface area contributed by atoms with Crippen molar-refractivity contribution in [3.05, 3.63) is 47.5 Å².